The van der Waals surface area contributed by atoms with Crippen molar-refractivity contribution < 1.29 is 4.79 Å². The van der Waals surface area contributed by atoms with Crippen molar-refractivity contribution in [1.82, 2.24) is 30.2 Å². The molecule has 10 nitrogen and oxygen atoms in total. The number of aryl methyl sites for hydroxylation is 1. The molecule has 1 aliphatic rings. The Morgan fingerprint density at radius 2 is 1.84 bits per heavy atom. The number of para-hydroxylation sites is 1. The first kappa shape index (κ1) is 26.1. The number of benzene rings is 2. The number of allylic oxidation sites excluding steroid dienone is 1. The number of pyridine rings is 1. The SMILES string of the molecule is CN/C(C)=C\C(=N)Nc1ncc(C)c(-c2c[nH]c3c(N4Cc5c(cccc5-c5ccnc6[nH]ccc56)C4=O)cccc23)n1. The normalized spacial score (nSPS) is 13.1. The van der Waals surface area contributed by atoms with Crippen molar-refractivity contribution >= 4 is 45.3 Å². The van der Waals surface area contributed by atoms with Crippen molar-refractivity contribution in [3.8, 4) is 22.4 Å². The molecule has 0 aliphatic carbocycles. The van der Waals surface area contributed by atoms with Gasteiger partial charge in [-0.2, -0.15) is 0 Å². The molecule has 4 aromatic heterocycles. The Kier molecular flexibility index (Phi) is 6.23. The van der Waals surface area contributed by atoms with E-state index in [1.54, 1.807) is 25.5 Å². The number of carbonyl (C=O) groups excluding carboxylic acids is 1. The van der Waals surface area contributed by atoms with Crippen LogP contribution in [0.1, 0.15) is 28.4 Å². The maximum absolute atomic E-state index is 13.8. The fourth-order valence-corrected chi connectivity index (χ4v) is 5.75. The van der Waals surface area contributed by atoms with E-state index in [2.05, 4.69) is 36.6 Å². The molecule has 1 aliphatic heterocycles. The maximum atomic E-state index is 13.8. The molecule has 5 heterocycles. The predicted octanol–water partition coefficient (Wildman–Crippen LogP) is 6.15. The summed E-state index contributed by atoms with van der Waals surface area (Å²) in [5, 5.41) is 16.2. The van der Waals surface area contributed by atoms with Gasteiger partial charge in [0.1, 0.15) is 11.5 Å². The molecule has 6 aromatic rings. The lowest BCUT2D eigenvalue weighted by Crippen LogP contribution is -2.23. The molecule has 0 saturated carbocycles. The number of nitrogens with zero attached hydrogens (tertiary/aromatic N) is 4. The van der Waals surface area contributed by atoms with E-state index in [0.717, 1.165) is 66.8 Å². The Hall–Kier alpha value is -5.77. The summed E-state index contributed by atoms with van der Waals surface area (Å²) in [4.78, 5) is 35.9. The number of hydrogen-bond acceptors (Lipinski definition) is 6. The van der Waals surface area contributed by atoms with Crippen LogP contribution in [-0.4, -0.2) is 43.7 Å². The highest BCUT2D eigenvalue weighted by Crippen LogP contribution is 2.40. The lowest BCUT2D eigenvalue weighted by molar-refractivity contribution is 0.0997. The number of rotatable bonds is 6. The molecule has 0 spiro atoms. The fourth-order valence-electron chi connectivity index (χ4n) is 5.75. The third-order valence-electron chi connectivity index (χ3n) is 7.93. The quantitative estimate of drug-likeness (QED) is 0.121. The lowest BCUT2D eigenvalue weighted by Gasteiger charge is -2.17. The van der Waals surface area contributed by atoms with Gasteiger partial charge in [-0.15, -0.1) is 0 Å². The Bertz CT molecular complexity index is 2100. The van der Waals surface area contributed by atoms with Crippen molar-refractivity contribution in [2.45, 2.75) is 20.4 Å². The largest absolute Gasteiger partial charge is 0.392 e. The van der Waals surface area contributed by atoms with Crippen LogP contribution in [0.4, 0.5) is 11.6 Å². The molecule has 1 amide bonds. The molecule has 0 saturated heterocycles. The molecule has 212 valence electrons. The second-order valence-corrected chi connectivity index (χ2v) is 10.6. The molecule has 0 unspecified atom stereocenters. The van der Waals surface area contributed by atoms with Gasteiger partial charge in [-0.05, 0) is 66.4 Å². The number of amidine groups is 1. The number of carbonyl (C=O) groups is 1. The van der Waals surface area contributed by atoms with Gasteiger partial charge in [0.05, 0.1) is 23.4 Å². The van der Waals surface area contributed by atoms with E-state index in [0.29, 0.717) is 18.1 Å². The van der Waals surface area contributed by atoms with Crippen LogP contribution in [0.5, 0.6) is 0 Å². The van der Waals surface area contributed by atoms with Crippen LogP contribution in [0.25, 0.3) is 44.3 Å². The first-order valence-electron chi connectivity index (χ1n) is 13.9. The Labute approximate surface area is 247 Å². The van der Waals surface area contributed by atoms with Crippen LogP contribution in [0, 0.1) is 12.3 Å². The standard InChI is InChI=1S/C33H29N9O/c1-18-15-39-33(40-28(34)14-19(2)35-3)41-29(18)25-16-38-30-22(25)7-5-9-27(30)42-17-26-20(6-4-8-24(26)32(42)43)21-10-12-36-31-23(21)11-13-37-31/h4-16,35,38H,17H2,1-3H3,(H,36,37)(H2,34,39,40,41)/b19-14-. The van der Waals surface area contributed by atoms with E-state index < -0.39 is 0 Å². The second-order valence-electron chi connectivity index (χ2n) is 10.6. The fraction of sp³-hybridized carbons (Fsp3) is 0.121. The minimum absolute atomic E-state index is 0.0343. The highest BCUT2D eigenvalue weighted by molar-refractivity contribution is 6.16. The van der Waals surface area contributed by atoms with Gasteiger partial charge in [-0.1, -0.05) is 24.3 Å². The molecular formula is C33H29N9O. The number of fused-ring (bicyclic) bond motifs is 3. The van der Waals surface area contributed by atoms with Crippen molar-refractivity contribution in [2.75, 3.05) is 17.3 Å². The second kappa shape index (κ2) is 10.3. The summed E-state index contributed by atoms with van der Waals surface area (Å²) in [7, 11) is 1.81. The van der Waals surface area contributed by atoms with Gasteiger partial charge in [-0.3, -0.25) is 10.2 Å². The minimum atomic E-state index is -0.0343. The highest BCUT2D eigenvalue weighted by Gasteiger charge is 2.32. The molecule has 2 aromatic carbocycles. The maximum Gasteiger partial charge on any atom is 0.259 e. The number of aromatic nitrogens is 5. The molecule has 0 fully saturated rings. The van der Waals surface area contributed by atoms with Crippen LogP contribution < -0.4 is 15.5 Å². The van der Waals surface area contributed by atoms with Crippen LogP contribution in [0.2, 0.25) is 0 Å². The number of aromatic amines is 2. The Balaban J connectivity index is 1.26. The number of H-pyrrole nitrogens is 2. The number of amides is 1. The van der Waals surface area contributed by atoms with Crippen molar-refractivity contribution in [3.63, 3.8) is 0 Å². The average Bonchev–Trinajstić information content (AvgIpc) is 3.75. The molecule has 0 atom stereocenters. The number of nitrogens with one attached hydrogen (secondary N) is 5. The summed E-state index contributed by atoms with van der Waals surface area (Å²) >= 11 is 0. The van der Waals surface area contributed by atoms with E-state index >= 15 is 0 Å². The van der Waals surface area contributed by atoms with E-state index in [9.17, 15) is 4.79 Å². The van der Waals surface area contributed by atoms with Gasteiger partial charge in [0, 0.05) is 59.4 Å². The zero-order valence-corrected chi connectivity index (χ0v) is 23.9. The van der Waals surface area contributed by atoms with Crippen molar-refractivity contribution in [3.05, 3.63) is 102 Å². The minimum Gasteiger partial charge on any atom is -0.392 e. The van der Waals surface area contributed by atoms with Gasteiger partial charge in [0.15, 0.2) is 0 Å². The smallest absolute Gasteiger partial charge is 0.259 e. The predicted molar refractivity (Wildman–Crippen MR) is 170 cm³/mol. The molecule has 0 radical (unpaired) electrons. The first-order valence-corrected chi connectivity index (χ1v) is 13.9. The van der Waals surface area contributed by atoms with Crippen molar-refractivity contribution in [1.29, 1.82) is 5.41 Å². The van der Waals surface area contributed by atoms with Gasteiger partial charge < -0.3 is 25.5 Å². The summed E-state index contributed by atoms with van der Waals surface area (Å²) in [6.45, 7) is 4.29. The third-order valence-corrected chi connectivity index (χ3v) is 7.93. The van der Waals surface area contributed by atoms with Gasteiger partial charge in [-0.25, -0.2) is 15.0 Å². The number of anilines is 2. The molecule has 0 bridgehead atoms. The summed E-state index contributed by atoms with van der Waals surface area (Å²) < 4.78 is 0. The molecule has 7 rings (SSSR count). The van der Waals surface area contributed by atoms with Gasteiger partial charge in [0.25, 0.3) is 5.91 Å². The van der Waals surface area contributed by atoms with Crippen molar-refractivity contribution in [2.24, 2.45) is 0 Å². The lowest BCUT2D eigenvalue weighted by atomic mass is 9.96. The molecule has 5 N–H and O–H groups in total. The van der Waals surface area contributed by atoms with E-state index in [1.807, 2.05) is 73.6 Å². The van der Waals surface area contributed by atoms with Gasteiger partial charge >= 0.3 is 0 Å². The zero-order valence-electron chi connectivity index (χ0n) is 23.9. The summed E-state index contributed by atoms with van der Waals surface area (Å²) in [5.74, 6) is 0.480. The molecular weight excluding hydrogens is 538 g/mol. The van der Waals surface area contributed by atoms with E-state index in [1.165, 1.54) is 0 Å². The topological polar surface area (TPSA) is 138 Å². The number of hydrogen-bond donors (Lipinski definition) is 5. The van der Waals surface area contributed by atoms with Crippen LogP contribution in [0.3, 0.4) is 0 Å². The summed E-state index contributed by atoms with van der Waals surface area (Å²) in [6.07, 6.45) is 9.02. The first-order chi connectivity index (χ1) is 20.9. The van der Waals surface area contributed by atoms with Crippen LogP contribution >= 0.6 is 0 Å². The highest BCUT2D eigenvalue weighted by atomic mass is 16.2. The Morgan fingerprint density at radius 1 is 1.00 bits per heavy atom. The summed E-state index contributed by atoms with van der Waals surface area (Å²) in [5.41, 5.74) is 9.63. The van der Waals surface area contributed by atoms with E-state index in [-0.39, 0.29) is 11.7 Å². The average molecular weight is 568 g/mol. The molecule has 10 heteroatoms. The van der Waals surface area contributed by atoms with Crippen LogP contribution in [0.15, 0.2) is 85.1 Å². The van der Waals surface area contributed by atoms with Crippen LogP contribution in [-0.2, 0) is 6.54 Å². The van der Waals surface area contributed by atoms with E-state index in [4.69, 9.17) is 10.4 Å². The summed E-state index contributed by atoms with van der Waals surface area (Å²) in [6, 6.07) is 15.9. The third kappa shape index (κ3) is 4.40. The zero-order chi connectivity index (χ0) is 29.7. The molecule has 43 heavy (non-hydrogen) atoms. The van der Waals surface area contributed by atoms with Gasteiger partial charge in [0.2, 0.25) is 5.95 Å². The monoisotopic (exact) mass is 567 g/mol. The Morgan fingerprint density at radius 3 is 2.70 bits per heavy atom.